The van der Waals surface area contributed by atoms with E-state index >= 15 is 0 Å². The van der Waals surface area contributed by atoms with Crippen molar-refractivity contribution in [3.63, 3.8) is 0 Å². The van der Waals surface area contributed by atoms with Crippen LogP contribution in [0.25, 0.3) is 11.4 Å². The third-order valence-corrected chi connectivity index (χ3v) is 4.41. The fraction of sp³-hybridized carbons (Fsp3) is 0.556. The Bertz CT molecular complexity index is 650. The molecule has 1 atom stereocenters. The van der Waals surface area contributed by atoms with Crippen LogP contribution in [0.5, 0.6) is 5.75 Å². The molecule has 1 fully saturated rings. The summed E-state index contributed by atoms with van der Waals surface area (Å²) in [5.74, 6) is 2.57. The van der Waals surface area contributed by atoms with Crippen LogP contribution in [0.15, 0.2) is 28.8 Å². The van der Waals surface area contributed by atoms with Crippen LogP contribution in [-0.4, -0.2) is 52.5 Å². The van der Waals surface area contributed by atoms with Gasteiger partial charge in [-0.05, 0) is 44.0 Å². The van der Waals surface area contributed by atoms with E-state index in [9.17, 15) is 5.11 Å². The summed E-state index contributed by atoms with van der Waals surface area (Å²) in [5, 5.41) is 14.1. The summed E-state index contributed by atoms with van der Waals surface area (Å²) in [7, 11) is 0. The first-order valence-electron chi connectivity index (χ1n) is 8.54. The zero-order valence-electron chi connectivity index (χ0n) is 14.3. The molecule has 0 amide bonds. The Morgan fingerprint density at radius 2 is 2.17 bits per heavy atom. The van der Waals surface area contributed by atoms with Gasteiger partial charge in [0, 0.05) is 19.0 Å². The third kappa shape index (κ3) is 4.55. The molecule has 1 aliphatic rings. The van der Waals surface area contributed by atoms with Crippen LogP contribution in [0.4, 0.5) is 0 Å². The molecule has 130 valence electrons. The molecule has 0 spiro atoms. The van der Waals surface area contributed by atoms with Gasteiger partial charge in [-0.25, -0.2) is 0 Å². The van der Waals surface area contributed by atoms with Crippen molar-refractivity contribution in [3.8, 4) is 17.1 Å². The largest absolute Gasteiger partial charge is 0.491 e. The van der Waals surface area contributed by atoms with E-state index in [1.807, 2.05) is 24.3 Å². The molecule has 0 bridgehead atoms. The van der Waals surface area contributed by atoms with Gasteiger partial charge in [0.05, 0.1) is 0 Å². The van der Waals surface area contributed by atoms with Crippen molar-refractivity contribution < 1.29 is 14.4 Å². The first-order valence-corrected chi connectivity index (χ1v) is 8.54. The summed E-state index contributed by atoms with van der Waals surface area (Å²) in [5.41, 5.74) is 0.837. The number of likely N-dealkylation sites (tertiary alicyclic amines) is 1. The van der Waals surface area contributed by atoms with Gasteiger partial charge in [-0.3, -0.25) is 0 Å². The van der Waals surface area contributed by atoms with Gasteiger partial charge >= 0.3 is 0 Å². The summed E-state index contributed by atoms with van der Waals surface area (Å²) in [4.78, 5) is 6.52. The Labute approximate surface area is 142 Å². The van der Waals surface area contributed by atoms with Crippen molar-refractivity contribution in [3.05, 3.63) is 30.2 Å². The number of nitrogens with zero attached hydrogens (tertiary/aromatic N) is 3. The van der Waals surface area contributed by atoms with E-state index in [2.05, 4.69) is 22.0 Å². The van der Waals surface area contributed by atoms with Crippen molar-refractivity contribution in [1.82, 2.24) is 15.0 Å². The topological polar surface area (TPSA) is 71.6 Å². The van der Waals surface area contributed by atoms with E-state index in [0.717, 1.165) is 24.6 Å². The minimum atomic E-state index is -0.491. The van der Waals surface area contributed by atoms with Crippen molar-refractivity contribution >= 4 is 0 Å². The molecule has 6 heteroatoms. The molecule has 1 N–H and O–H groups in total. The smallest absolute Gasteiger partial charge is 0.223 e. The second-order valence-electron chi connectivity index (χ2n) is 6.61. The number of ether oxygens (including phenoxy) is 1. The van der Waals surface area contributed by atoms with Gasteiger partial charge in [0.1, 0.15) is 18.5 Å². The van der Waals surface area contributed by atoms with Crippen LogP contribution in [0, 0.1) is 12.8 Å². The van der Waals surface area contributed by atoms with E-state index in [0.29, 0.717) is 24.0 Å². The molecule has 0 saturated carbocycles. The molecule has 1 saturated heterocycles. The Kier molecular flexibility index (Phi) is 5.48. The van der Waals surface area contributed by atoms with Crippen molar-refractivity contribution in [1.29, 1.82) is 0 Å². The van der Waals surface area contributed by atoms with Gasteiger partial charge in [0.25, 0.3) is 0 Å². The lowest BCUT2D eigenvalue weighted by molar-refractivity contribution is 0.0563. The number of hydrogen-bond donors (Lipinski definition) is 1. The van der Waals surface area contributed by atoms with Crippen LogP contribution >= 0.6 is 0 Å². The van der Waals surface area contributed by atoms with Crippen molar-refractivity contribution in [2.24, 2.45) is 5.92 Å². The summed E-state index contributed by atoms with van der Waals surface area (Å²) < 4.78 is 10.7. The van der Waals surface area contributed by atoms with E-state index < -0.39 is 6.10 Å². The molecule has 2 heterocycles. The molecule has 0 radical (unpaired) electrons. The minimum Gasteiger partial charge on any atom is -0.491 e. The predicted molar refractivity (Wildman–Crippen MR) is 90.8 cm³/mol. The number of hydrogen-bond acceptors (Lipinski definition) is 6. The molecular weight excluding hydrogens is 306 g/mol. The summed E-state index contributed by atoms with van der Waals surface area (Å²) in [6.07, 6.45) is 1.92. The number of aryl methyl sites for hydroxylation is 1. The monoisotopic (exact) mass is 331 g/mol. The standard InChI is InChI=1S/C18H25N3O3/c1-13-6-8-21(9-7-13)11-16(22)12-23-17-5-3-4-15(10-17)18-19-14(2)24-20-18/h3-5,10,13,16,22H,6-9,11-12H2,1-2H3. The van der Waals surface area contributed by atoms with E-state index in [4.69, 9.17) is 9.26 Å². The van der Waals surface area contributed by atoms with E-state index in [-0.39, 0.29) is 6.61 Å². The highest BCUT2D eigenvalue weighted by atomic mass is 16.5. The minimum absolute atomic E-state index is 0.279. The Morgan fingerprint density at radius 1 is 1.38 bits per heavy atom. The molecule has 0 aliphatic carbocycles. The molecule has 6 nitrogen and oxygen atoms in total. The Balaban J connectivity index is 1.51. The third-order valence-electron chi connectivity index (χ3n) is 4.41. The number of aromatic nitrogens is 2. The highest BCUT2D eigenvalue weighted by Crippen LogP contribution is 2.22. The van der Waals surface area contributed by atoms with E-state index in [1.54, 1.807) is 6.92 Å². The number of aliphatic hydroxyl groups excluding tert-OH is 1. The molecule has 1 unspecified atom stereocenters. The van der Waals surface area contributed by atoms with Crippen LogP contribution in [0.1, 0.15) is 25.7 Å². The van der Waals surface area contributed by atoms with Gasteiger partial charge < -0.3 is 19.3 Å². The average molecular weight is 331 g/mol. The average Bonchev–Trinajstić information content (AvgIpc) is 3.02. The molecule has 1 aromatic heterocycles. The lowest BCUT2D eigenvalue weighted by Gasteiger charge is -2.31. The Hall–Kier alpha value is -1.92. The predicted octanol–water partition coefficient (Wildman–Crippen LogP) is 2.52. The summed E-state index contributed by atoms with van der Waals surface area (Å²) in [6.45, 7) is 7.11. The second kappa shape index (κ2) is 7.77. The van der Waals surface area contributed by atoms with Crippen molar-refractivity contribution in [2.45, 2.75) is 32.8 Å². The lowest BCUT2D eigenvalue weighted by atomic mass is 9.99. The van der Waals surface area contributed by atoms with Crippen molar-refractivity contribution in [2.75, 3.05) is 26.2 Å². The SMILES string of the molecule is Cc1nc(-c2cccc(OCC(O)CN3CCC(C)CC3)c2)no1. The fourth-order valence-electron chi connectivity index (χ4n) is 2.93. The van der Waals surface area contributed by atoms with Crippen LogP contribution in [0.3, 0.4) is 0 Å². The quantitative estimate of drug-likeness (QED) is 0.877. The van der Waals surface area contributed by atoms with Gasteiger partial charge in [-0.1, -0.05) is 24.2 Å². The molecule has 3 rings (SSSR count). The van der Waals surface area contributed by atoms with Crippen LogP contribution < -0.4 is 4.74 Å². The first kappa shape index (κ1) is 16.9. The van der Waals surface area contributed by atoms with E-state index in [1.165, 1.54) is 12.8 Å². The normalized spacial score (nSPS) is 17.8. The summed E-state index contributed by atoms with van der Waals surface area (Å²) >= 11 is 0. The molecule has 24 heavy (non-hydrogen) atoms. The molecular formula is C18H25N3O3. The van der Waals surface area contributed by atoms with Crippen LogP contribution in [-0.2, 0) is 0 Å². The van der Waals surface area contributed by atoms with Gasteiger partial charge in [-0.2, -0.15) is 4.98 Å². The highest BCUT2D eigenvalue weighted by Gasteiger charge is 2.18. The molecule has 2 aromatic rings. The van der Waals surface area contributed by atoms with Gasteiger partial charge in [0.15, 0.2) is 0 Å². The zero-order chi connectivity index (χ0) is 16.9. The lowest BCUT2D eigenvalue weighted by Crippen LogP contribution is -2.40. The maximum absolute atomic E-state index is 10.2. The Morgan fingerprint density at radius 3 is 2.88 bits per heavy atom. The molecule has 1 aromatic carbocycles. The maximum Gasteiger partial charge on any atom is 0.223 e. The van der Waals surface area contributed by atoms with Crippen LogP contribution in [0.2, 0.25) is 0 Å². The second-order valence-corrected chi connectivity index (χ2v) is 6.61. The maximum atomic E-state index is 10.2. The number of benzene rings is 1. The number of rotatable bonds is 6. The summed E-state index contributed by atoms with van der Waals surface area (Å²) in [6, 6.07) is 7.52. The van der Waals surface area contributed by atoms with Gasteiger partial charge in [-0.15, -0.1) is 0 Å². The van der Waals surface area contributed by atoms with Gasteiger partial charge in [0.2, 0.25) is 11.7 Å². The number of piperidine rings is 1. The number of β-amino-alcohol motifs (C(OH)–C–C–N with tert-alkyl or cyclic N) is 1. The fourth-order valence-corrected chi connectivity index (χ4v) is 2.93. The number of aliphatic hydroxyl groups is 1. The molecule has 1 aliphatic heterocycles. The zero-order valence-corrected chi connectivity index (χ0v) is 14.3. The highest BCUT2D eigenvalue weighted by molar-refractivity contribution is 5.56. The first-order chi connectivity index (χ1) is 11.6.